The minimum atomic E-state index is -0.575. The smallest absolute Gasteiger partial charge is 0.347 e. The maximum Gasteiger partial charge on any atom is 0.347 e. The molecule has 0 saturated heterocycles. The first-order valence-electron chi connectivity index (χ1n) is 6.95. The second kappa shape index (κ2) is 8.97. The number of carbonyl (C=O) groups excluding carboxylic acids is 1. The number of rotatable bonds is 8. The Hall–Kier alpha value is -1.07. The van der Waals surface area contributed by atoms with Crippen LogP contribution < -0.4 is 10.1 Å². The third-order valence-electron chi connectivity index (χ3n) is 2.79. The Morgan fingerprint density at radius 3 is 2.70 bits per heavy atom. The fourth-order valence-electron chi connectivity index (χ4n) is 1.76. The fraction of sp³-hybridized carbons (Fsp3) is 0.533. The van der Waals surface area contributed by atoms with Crippen LogP contribution in [0.25, 0.3) is 0 Å². The first-order chi connectivity index (χ1) is 9.63. The summed E-state index contributed by atoms with van der Waals surface area (Å²) >= 11 is 3.48. The van der Waals surface area contributed by atoms with E-state index in [1.807, 2.05) is 32.0 Å². The van der Waals surface area contributed by atoms with Crippen LogP contribution in [0.5, 0.6) is 5.75 Å². The van der Waals surface area contributed by atoms with E-state index in [0.29, 0.717) is 25.3 Å². The van der Waals surface area contributed by atoms with Crippen molar-refractivity contribution in [3.63, 3.8) is 0 Å². The van der Waals surface area contributed by atoms with Crippen LogP contribution >= 0.6 is 15.9 Å². The molecule has 1 N–H and O–H groups in total. The SMILES string of the molecule is CCNCc1cccc(Br)c1OC(CC)C(=O)OCC. The molecular weight excluding hydrogens is 322 g/mol. The van der Waals surface area contributed by atoms with Crippen LogP contribution in [0.3, 0.4) is 0 Å². The molecule has 0 aliphatic heterocycles. The molecule has 5 heteroatoms. The summed E-state index contributed by atoms with van der Waals surface area (Å²) in [4.78, 5) is 11.8. The molecule has 0 heterocycles. The number of hydrogen-bond acceptors (Lipinski definition) is 4. The van der Waals surface area contributed by atoms with Crippen molar-refractivity contribution in [3.05, 3.63) is 28.2 Å². The van der Waals surface area contributed by atoms with E-state index in [1.54, 1.807) is 6.92 Å². The van der Waals surface area contributed by atoms with E-state index in [9.17, 15) is 4.79 Å². The monoisotopic (exact) mass is 343 g/mol. The van der Waals surface area contributed by atoms with Gasteiger partial charge < -0.3 is 14.8 Å². The second-order valence-electron chi connectivity index (χ2n) is 4.28. The normalized spacial score (nSPS) is 12.0. The zero-order valence-corrected chi connectivity index (χ0v) is 13.8. The molecule has 1 aromatic rings. The number of carbonyl (C=O) groups is 1. The average Bonchev–Trinajstić information content (AvgIpc) is 2.44. The standard InChI is InChI=1S/C15H22BrNO3/c1-4-13(15(18)19-6-3)20-14-11(10-17-5-2)8-7-9-12(14)16/h7-9,13,17H,4-6,10H2,1-3H3. The quantitative estimate of drug-likeness (QED) is 0.736. The molecule has 1 atom stereocenters. The number of para-hydroxylation sites is 1. The summed E-state index contributed by atoms with van der Waals surface area (Å²) < 4.78 is 11.8. The van der Waals surface area contributed by atoms with Crippen LogP contribution in [-0.2, 0) is 16.1 Å². The topological polar surface area (TPSA) is 47.6 Å². The highest BCUT2D eigenvalue weighted by Gasteiger charge is 2.22. The van der Waals surface area contributed by atoms with E-state index in [0.717, 1.165) is 16.6 Å². The van der Waals surface area contributed by atoms with E-state index in [4.69, 9.17) is 9.47 Å². The van der Waals surface area contributed by atoms with E-state index in [1.165, 1.54) is 0 Å². The lowest BCUT2D eigenvalue weighted by Gasteiger charge is -2.19. The highest BCUT2D eigenvalue weighted by Crippen LogP contribution is 2.30. The van der Waals surface area contributed by atoms with Crippen LogP contribution in [0, 0.1) is 0 Å². The summed E-state index contributed by atoms with van der Waals surface area (Å²) in [7, 11) is 0. The van der Waals surface area contributed by atoms with Gasteiger partial charge in [0.25, 0.3) is 0 Å². The van der Waals surface area contributed by atoms with Gasteiger partial charge in [0.2, 0.25) is 0 Å². The van der Waals surface area contributed by atoms with Crippen LogP contribution in [0.15, 0.2) is 22.7 Å². The number of hydrogen-bond donors (Lipinski definition) is 1. The molecule has 0 bridgehead atoms. The predicted molar refractivity (Wildman–Crippen MR) is 82.9 cm³/mol. The fourth-order valence-corrected chi connectivity index (χ4v) is 2.26. The van der Waals surface area contributed by atoms with Crippen molar-refractivity contribution < 1.29 is 14.3 Å². The third-order valence-corrected chi connectivity index (χ3v) is 3.42. The summed E-state index contributed by atoms with van der Waals surface area (Å²) in [5.74, 6) is 0.383. The minimum absolute atomic E-state index is 0.319. The number of nitrogens with one attached hydrogen (secondary N) is 1. The Kier molecular flexibility index (Phi) is 7.62. The molecule has 0 radical (unpaired) electrons. The first kappa shape index (κ1) is 17.0. The molecular formula is C15H22BrNO3. The molecule has 0 fully saturated rings. The van der Waals surface area contributed by atoms with Gasteiger partial charge in [-0.1, -0.05) is 26.0 Å². The zero-order valence-electron chi connectivity index (χ0n) is 12.2. The molecule has 4 nitrogen and oxygen atoms in total. The molecule has 20 heavy (non-hydrogen) atoms. The van der Waals surface area contributed by atoms with Crippen LogP contribution in [-0.4, -0.2) is 25.2 Å². The van der Waals surface area contributed by atoms with Gasteiger partial charge in [0.1, 0.15) is 5.75 Å². The lowest BCUT2D eigenvalue weighted by Crippen LogP contribution is -2.29. The molecule has 1 unspecified atom stereocenters. The van der Waals surface area contributed by atoms with Gasteiger partial charge in [-0.25, -0.2) is 4.79 Å². The summed E-state index contributed by atoms with van der Waals surface area (Å²) in [6.45, 7) is 7.68. The second-order valence-corrected chi connectivity index (χ2v) is 5.13. The Bertz CT molecular complexity index is 437. The van der Waals surface area contributed by atoms with Gasteiger partial charge in [0.05, 0.1) is 11.1 Å². The zero-order chi connectivity index (χ0) is 15.0. The first-order valence-corrected chi connectivity index (χ1v) is 7.74. The lowest BCUT2D eigenvalue weighted by molar-refractivity contribution is -0.151. The highest BCUT2D eigenvalue weighted by atomic mass is 79.9. The van der Waals surface area contributed by atoms with Gasteiger partial charge in [0.15, 0.2) is 6.10 Å². The molecule has 0 aliphatic rings. The van der Waals surface area contributed by atoms with Gasteiger partial charge in [-0.05, 0) is 41.9 Å². The number of esters is 1. The van der Waals surface area contributed by atoms with E-state index < -0.39 is 6.10 Å². The Morgan fingerprint density at radius 1 is 1.35 bits per heavy atom. The van der Waals surface area contributed by atoms with Crippen molar-refractivity contribution in [1.29, 1.82) is 0 Å². The van der Waals surface area contributed by atoms with Crippen LogP contribution in [0.4, 0.5) is 0 Å². The molecule has 0 saturated carbocycles. The molecule has 0 aromatic heterocycles. The predicted octanol–water partition coefficient (Wildman–Crippen LogP) is 3.28. The molecule has 0 amide bonds. The van der Waals surface area contributed by atoms with Crippen LogP contribution in [0.2, 0.25) is 0 Å². The van der Waals surface area contributed by atoms with Gasteiger partial charge in [0, 0.05) is 12.1 Å². The summed E-state index contributed by atoms with van der Waals surface area (Å²) in [5.41, 5.74) is 1.02. The van der Waals surface area contributed by atoms with E-state index >= 15 is 0 Å². The Morgan fingerprint density at radius 2 is 2.10 bits per heavy atom. The van der Waals surface area contributed by atoms with Crippen molar-refractivity contribution in [1.82, 2.24) is 5.32 Å². The lowest BCUT2D eigenvalue weighted by atomic mass is 10.2. The van der Waals surface area contributed by atoms with Gasteiger partial charge in [-0.3, -0.25) is 0 Å². The Balaban J connectivity index is 2.90. The van der Waals surface area contributed by atoms with Crippen molar-refractivity contribution in [3.8, 4) is 5.75 Å². The molecule has 1 aromatic carbocycles. The maximum absolute atomic E-state index is 11.8. The van der Waals surface area contributed by atoms with Crippen molar-refractivity contribution >= 4 is 21.9 Å². The minimum Gasteiger partial charge on any atom is -0.477 e. The number of benzene rings is 1. The summed E-state index contributed by atoms with van der Waals surface area (Å²) in [6.07, 6.45) is -0.00472. The molecule has 0 spiro atoms. The third kappa shape index (κ3) is 4.80. The average molecular weight is 344 g/mol. The maximum atomic E-state index is 11.8. The van der Waals surface area contributed by atoms with Crippen molar-refractivity contribution in [2.75, 3.05) is 13.2 Å². The summed E-state index contributed by atoms with van der Waals surface area (Å²) in [6, 6.07) is 5.85. The van der Waals surface area contributed by atoms with Gasteiger partial charge in [-0.15, -0.1) is 0 Å². The van der Waals surface area contributed by atoms with Crippen molar-refractivity contribution in [2.24, 2.45) is 0 Å². The summed E-state index contributed by atoms with van der Waals surface area (Å²) in [5, 5.41) is 3.26. The molecule has 112 valence electrons. The molecule has 0 aliphatic carbocycles. The van der Waals surface area contributed by atoms with E-state index in [-0.39, 0.29) is 5.97 Å². The van der Waals surface area contributed by atoms with Crippen molar-refractivity contribution in [2.45, 2.75) is 39.8 Å². The highest BCUT2D eigenvalue weighted by molar-refractivity contribution is 9.10. The largest absolute Gasteiger partial charge is 0.477 e. The Labute approximate surface area is 129 Å². The number of ether oxygens (including phenoxy) is 2. The van der Waals surface area contributed by atoms with Crippen LogP contribution in [0.1, 0.15) is 32.8 Å². The number of halogens is 1. The van der Waals surface area contributed by atoms with Gasteiger partial charge in [-0.2, -0.15) is 0 Å². The molecule has 1 rings (SSSR count). The van der Waals surface area contributed by atoms with Gasteiger partial charge >= 0.3 is 5.97 Å². The van der Waals surface area contributed by atoms with E-state index in [2.05, 4.69) is 21.2 Å².